The van der Waals surface area contributed by atoms with Gasteiger partial charge < -0.3 is 0 Å². The van der Waals surface area contributed by atoms with Crippen LogP contribution in [0.1, 0.15) is 33.6 Å². The first-order chi connectivity index (χ1) is 12.7. The molecule has 3 aromatic carbocycles. The van der Waals surface area contributed by atoms with Crippen molar-refractivity contribution in [2.45, 2.75) is 17.7 Å². The Morgan fingerprint density at radius 2 is 1.38 bits per heavy atom. The molecule has 4 rings (SSSR count). The van der Waals surface area contributed by atoms with Crippen molar-refractivity contribution in [3.05, 3.63) is 77.9 Å². The summed E-state index contributed by atoms with van der Waals surface area (Å²) in [5.41, 5.74) is 1.06. The molecule has 0 radical (unpaired) electrons. The van der Waals surface area contributed by atoms with Gasteiger partial charge in [0.2, 0.25) is 0 Å². The number of hydrogen-bond acceptors (Lipinski definition) is 3. The molecule has 2 amide bonds. The van der Waals surface area contributed by atoms with Gasteiger partial charge in [-0.25, -0.2) is 0 Å². The first kappa shape index (κ1) is 16.9. The molecule has 0 fully saturated rings. The standard InChI is InChI=1S/C22H19NO2S/c24-21-19-9-3-4-10-20(19)22(25)23(21)13-5-6-14-26-18-12-11-16-7-1-2-8-17(16)15-18/h1-4,7-12,15H,5-6,13-14H2. The van der Waals surface area contributed by atoms with Gasteiger partial charge in [0, 0.05) is 11.4 Å². The second-order valence-corrected chi connectivity index (χ2v) is 7.54. The molecule has 0 aromatic heterocycles. The molecular formula is C22H19NO2S. The molecular weight excluding hydrogens is 342 g/mol. The fourth-order valence-corrected chi connectivity index (χ4v) is 4.22. The Labute approximate surface area is 157 Å². The lowest BCUT2D eigenvalue weighted by molar-refractivity contribution is 0.0652. The van der Waals surface area contributed by atoms with Crippen molar-refractivity contribution in [3.63, 3.8) is 0 Å². The number of hydrogen-bond donors (Lipinski definition) is 0. The normalized spacial score (nSPS) is 13.5. The summed E-state index contributed by atoms with van der Waals surface area (Å²) in [6, 6.07) is 21.9. The summed E-state index contributed by atoms with van der Waals surface area (Å²) < 4.78 is 0. The number of benzene rings is 3. The third-order valence-corrected chi connectivity index (χ3v) is 5.72. The van der Waals surface area contributed by atoms with Gasteiger partial charge in [-0.2, -0.15) is 0 Å². The van der Waals surface area contributed by atoms with E-state index in [0.717, 1.165) is 18.6 Å². The predicted molar refractivity (Wildman–Crippen MR) is 106 cm³/mol. The second-order valence-electron chi connectivity index (χ2n) is 6.37. The predicted octanol–water partition coefficient (Wildman–Crippen LogP) is 5.01. The minimum Gasteiger partial charge on any atom is -0.274 e. The fraction of sp³-hybridized carbons (Fsp3) is 0.182. The smallest absolute Gasteiger partial charge is 0.261 e. The molecule has 0 saturated heterocycles. The molecule has 0 spiro atoms. The molecule has 0 N–H and O–H groups in total. The molecule has 1 aliphatic heterocycles. The van der Waals surface area contributed by atoms with Crippen LogP contribution in [0.15, 0.2) is 71.6 Å². The molecule has 3 nitrogen and oxygen atoms in total. The molecule has 1 aliphatic rings. The summed E-state index contributed by atoms with van der Waals surface area (Å²) >= 11 is 1.82. The SMILES string of the molecule is O=C1c2ccccc2C(=O)N1CCCCSc1ccc2ccccc2c1. The van der Waals surface area contributed by atoms with Crippen LogP contribution in [-0.4, -0.2) is 29.0 Å². The van der Waals surface area contributed by atoms with Crippen LogP contribution in [0.5, 0.6) is 0 Å². The summed E-state index contributed by atoms with van der Waals surface area (Å²) in [4.78, 5) is 27.3. The Morgan fingerprint density at radius 3 is 2.12 bits per heavy atom. The maximum absolute atomic E-state index is 12.3. The Bertz CT molecular complexity index is 948. The highest BCUT2D eigenvalue weighted by Crippen LogP contribution is 2.25. The maximum Gasteiger partial charge on any atom is 0.261 e. The van der Waals surface area contributed by atoms with E-state index < -0.39 is 0 Å². The minimum atomic E-state index is -0.159. The first-order valence-corrected chi connectivity index (χ1v) is 9.79. The van der Waals surface area contributed by atoms with E-state index in [4.69, 9.17) is 0 Å². The molecule has 3 aromatic rings. The molecule has 0 saturated carbocycles. The van der Waals surface area contributed by atoms with E-state index in [0.29, 0.717) is 17.7 Å². The number of unbranched alkanes of at least 4 members (excludes halogenated alkanes) is 1. The zero-order valence-corrected chi connectivity index (χ0v) is 15.2. The third-order valence-electron chi connectivity index (χ3n) is 4.64. The van der Waals surface area contributed by atoms with E-state index >= 15 is 0 Å². The highest BCUT2D eigenvalue weighted by atomic mass is 32.2. The lowest BCUT2D eigenvalue weighted by Crippen LogP contribution is -2.30. The number of amides is 2. The lowest BCUT2D eigenvalue weighted by atomic mass is 10.1. The number of carbonyl (C=O) groups excluding carboxylic acids is 2. The van der Waals surface area contributed by atoms with Gasteiger partial charge >= 0.3 is 0 Å². The summed E-state index contributed by atoms with van der Waals surface area (Å²) in [7, 11) is 0. The highest BCUT2D eigenvalue weighted by molar-refractivity contribution is 7.99. The monoisotopic (exact) mass is 361 g/mol. The van der Waals surface area contributed by atoms with Crippen molar-refractivity contribution in [3.8, 4) is 0 Å². The molecule has 0 bridgehead atoms. The third kappa shape index (κ3) is 3.25. The van der Waals surface area contributed by atoms with E-state index in [9.17, 15) is 9.59 Å². The summed E-state index contributed by atoms with van der Waals surface area (Å²) in [6.07, 6.45) is 1.79. The maximum atomic E-state index is 12.3. The highest BCUT2D eigenvalue weighted by Gasteiger charge is 2.34. The van der Waals surface area contributed by atoms with Gasteiger partial charge in [0.25, 0.3) is 11.8 Å². The number of fused-ring (bicyclic) bond motifs is 2. The molecule has 0 atom stereocenters. The van der Waals surface area contributed by atoms with Gasteiger partial charge in [0.15, 0.2) is 0 Å². The van der Waals surface area contributed by atoms with Gasteiger partial charge in [0.1, 0.15) is 0 Å². The van der Waals surface area contributed by atoms with Crippen LogP contribution in [0.3, 0.4) is 0 Å². The van der Waals surface area contributed by atoms with Gasteiger partial charge in [-0.05, 0) is 53.6 Å². The molecule has 0 aliphatic carbocycles. The molecule has 1 heterocycles. The average Bonchev–Trinajstić information content (AvgIpc) is 2.92. The fourth-order valence-electron chi connectivity index (χ4n) is 3.26. The minimum absolute atomic E-state index is 0.159. The summed E-state index contributed by atoms with van der Waals surface area (Å²) in [6.45, 7) is 0.491. The number of rotatable bonds is 6. The van der Waals surface area contributed by atoms with E-state index in [1.807, 2.05) is 17.8 Å². The Kier molecular flexibility index (Phi) is 4.76. The largest absolute Gasteiger partial charge is 0.274 e. The van der Waals surface area contributed by atoms with Gasteiger partial charge in [-0.1, -0.05) is 42.5 Å². The van der Waals surface area contributed by atoms with Crippen LogP contribution in [0.2, 0.25) is 0 Å². The zero-order valence-electron chi connectivity index (χ0n) is 14.4. The van der Waals surface area contributed by atoms with Crippen LogP contribution >= 0.6 is 11.8 Å². The number of imide groups is 1. The van der Waals surface area contributed by atoms with Crippen LogP contribution < -0.4 is 0 Å². The Balaban J connectivity index is 1.28. The lowest BCUT2D eigenvalue weighted by Gasteiger charge is -2.13. The molecule has 0 unspecified atom stereocenters. The number of nitrogens with zero attached hydrogens (tertiary/aromatic N) is 1. The van der Waals surface area contributed by atoms with Crippen LogP contribution in [0, 0.1) is 0 Å². The number of carbonyl (C=O) groups is 2. The van der Waals surface area contributed by atoms with Crippen molar-refractivity contribution < 1.29 is 9.59 Å². The average molecular weight is 361 g/mol. The first-order valence-electron chi connectivity index (χ1n) is 8.81. The van der Waals surface area contributed by atoms with Gasteiger partial charge in [0.05, 0.1) is 11.1 Å². The van der Waals surface area contributed by atoms with E-state index in [-0.39, 0.29) is 11.8 Å². The quantitative estimate of drug-likeness (QED) is 0.352. The molecule has 4 heteroatoms. The topological polar surface area (TPSA) is 37.4 Å². The van der Waals surface area contributed by atoms with Gasteiger partial charge in [-0.3, -0.25) is 14.5 Å². The molecule has 26 heavy (non-hydrogen) atoms. The Hall–Kier alpha value is -2.59. The van der Waals surface area contributed by atoms with Crippen molar-refractivity contribution in [1.82, 2.24) is 4.90 Å². The van der Waals surface area contributed by atoms with Crippen molar-refractivity contribution >= 4 is 34.3 Å². The zero-order chi connectivity index (χ0) is 17.9. The summed E-state index contributed by atoms with van der Waals surface area (Å²) in [5, 5.41) is 2.51. The van der Waals surface area contributed by atoms with Crippen molar-refractivity contribution in [2.75, 3.05) is 12.3 Å². The summed E-state index contributed by atoms with van der Waals surface area (Å²) in [5.74, 6) is 0.655. The van der Waals surface area contributed by atoms with E-state index in [2.05, 4.69) is 36.4 Å². The van der Waals surface area contributed by atoms with Crippen LogP contribution in [0.25, 0.3) is 10.8 Å². The second kappa shape index (κ2) is 7.34. The van der Waals surface area contributed by atoms with Crippen LogP contribution in [0.4, 0.5) is 0 Å². The van der Waals surface area contributed by atoms with E-state index in [1.54, 1.807) is 24.3 Å². The molecule has 130 valence electrons. The number of thioether (sulfide) groups is 1. The van der Waals surface area contributed by atoms with E-state index in [1.165, 1.54) is 20.6 Å². The van der Waals surface area contributed by atoms with Crippen molar-refractivity contribution in [2.24, 2.45) is 0 Å². The Morgan fingerprint density at radius 1 is 0.731 bits per heavy atom. The van der Waals surface area contributed by atoms with Crippen LogP contribution in [-0.2, 0) is 0 Å². The van der Waals surface area contributed by atoms with Crippen molar-refractivity contribution in [1.29, 1.82) is 0 Å². The van der Waals surface area contributed by atoms with Gasteiger partial charge in [-0.15, -0.1) is 11.8 Å².